The Bertz CT molecular complexity index is 255. The maximum absolute atomic E-state index is 9.82. The molecule has 0 aliphatic rings. The molecule has 0 saturated carbocycles. The van der Waals surface area contributed by atoms with Gasteiger partial charge in [0.2, 0.25) is 0 Å². The molecule has 0 radical (unpaired) electrons. The third-order valence-corrected chi connectivity index (χ3v) is 1.10. The number of rotatable bonds is 3. The molecule has 0 amide bonds. The summed E-state index contributed by atoms with van der Waals surface area (Å²) < 4.78 is 5.00. The van der Waals surface area contributed by atoms with E-state index in [0.717, 1.165) is 12.0 Å². The van der Waals surface area contributed by atoms with Crippen molar-refractivity contribution in [2.24, 2.45) is 0 Å². The number of furan rings is 1. The molecule has 0 saturated heterocycles. The molecule has 1 heterocycles. The summed E-state index contributed by atoms with van der Waals surface area (Å²) in [5.74, 6) is 0.778. The van der Waals surface area contributed by atoms with E-state index in [1.807, 2.05) is 12.1 Å². The fourth-order valence-corrected chi connectivity index (χ4v) is 0.646. The van der Waals surface area contributed by atoms with Crippen LogP contribution in [0.3, 0.4) is 0 Å². The van der Waals surface area contributed by atoms with Crippen LogP contribution in [0, 0.1) is 0 Å². The van der Waals surface area contributed by atoms with Gasteiger partial charge in [0, 0.05) is 0 Å². The van der Waals surface area contributed by atoms with E-state index in [1.165, 1.54) is 6.08 Å². The first-order valence-corrected chi connectivity index (χ1v) is 3.25. The molecule has 0 fully saturated rings. The minimum atomic E-state index is 0.729. The molecule has 0 aliphatic carbocycles. The van der Waals surface area contributed by atoms with E-state index < -0.39 is 0 Å². The van der Waals surface area contributed by atoms with Crippen molar-refractivity contribution >= 4 is 12.4 Å². The molecule has 11 heavy (non-hydrogen) atoms. The van der Waals surface area contributed by atoms with E-state index in [2.05, 4.69) is 0 Å². The first-order valence-electron chi connectivity index (χ1n) is 3.25. The van der Waals surface area contributed by atoms with Gasteiger partial charge in [-0.15, -0.1) is 0 Å². The monoisotopic (exact) mass is 148 g/mol. The van der Waals surface area contributed by atoms with Crippen LogP contribution < -0.4 is 0 Å². The predicted octanol–water partition coefficient (Wildman–Crippen LogP) is 2.05. The highest BCUT2D eigenvalue weighted by atomic mass is 16.3. The fourth-order valence-electron chi connectivity index (χ4n) is 0.646. The molecule has 1 aromatic rings. The lowest BCUT2D eigenvalue weighted by atomic mass is 10.4. The summed E-state index contributed by atoms with van der Waals surface area (Å²) in [6.45, 7) is 0. The second kappa shape index (κ2) is 4.28. The summed E-state index contributed by atoms with van der Waals surface area (Å²) in [7, 11) is 0. The van der Waals surface area contributed by atoms with E-state index >= 15 is 0 Å². The van der Waals surface area contributed by atoms with Gasteiger partial charge in [0.05, 0.1) is 6.26 Å². The van der Waals surface area contributed by atoms with Crippen LogP contribution in [0.2, 0.25) is 0 Å². The maximum Gasteiger partial charge on any atom is 0.142 e. The lowest BCUT2D eigenvalue weighted by molar-refractivity contribution is -0.104. The number of aldehydes is 1. The molecule has 0 aromatic carbocycles. The van der Waals surface area contributed by atoms with Crippen LogP contribution >= 0.6 is 0 Å². The second-order valence-electron chi connectivity index (χ2n) is 1.90. The zero-order valence-electron chi connectivity index (χ0n) is 5.94. The normalized spacial score (nSPS) is 11.3. The Hall–Kier alpha value is -1.57. The average molecular weight is 148 g/mol. The predicted molar refractivity (Wildman–Crippen MR) is 42.9 cm³/mol. The van der Waals surface area contributed by atoms with Crippen LogP contribution in [0.5, 0.6) is 0 Å². The first-order chi connectivity index (χ1) is 5.43. The molecule has 1 rings (SSSR count). The highest BCUT2D eigenvalue weighted by Gasteiger charge is 1.83. The SMILES string of the molecule is O=C/C=C\C=C\c1ccco1. The Labute approximate surface area is 64.8 Å². The molecule has 0 bridgehead atoms. The third-order valence-electron chi connectivity index (χ3n) is 1.10. The Kier molecular flexibility index (Phi) is 2.93. The van der Waals surface area contributed by atoms with Crippen molar-refractivity contribution in [3.8, 4) is 0 Å². The Morgan fingerprint density at radius 1 is 1.27 bits per heavy atom. The summed E-state index contributed by atoms with van der Waals surface area (Å²) >= 11 is 0. The molecule has 2 nitrogen and oxygen atoms in total. The van der Waals surface area contributed by atoms with Gasteiger partial charge in [-0.05, 0) is 24.3 Å². The topological polar surface area (TPSA) is 30.2 Å². The van der Waals surface area contributed by atoms with Gasteiger partial charge in [-0.1, -0.05) is 12.2 Å². The number of carbonyl (C=O) groups is 1. The van der Waals surface area contributed by atoms with Crippen LogP contribution in [0.15, 0.2) is 41.0 Å². The first kappa shape index (κ1) is 7.54. The zero-order chi connectivity index (χ0) is 7.94. The van der Waals surface area contributed by atoms with Crippen molar-refractivity contribution in [2.45, 2.75) is 0 Å². The second-order valence-corrected chi connectivity index (χ2v) is 1.90. The highest BCUT2D eigenvalue weighted by molar-refractivity contribution is 5.65. The Morgan fingerprint density at radius 3 is 2.82 bits per heavy atom. The Balaban J connectivity index is 2.49. The van der Waals surface area contributed by atoms with Crippen LogP contribution in [-0.4, -0.2) is 6.29 Å². The van der Waals surface area contributed by atoms with Crippen LogP contribution in [0.25, 0.3) is 6.08 Å². The minimum absolute atomic E-state index is 0.729. The van der Waals surface area contributed by atoms with Crippen molar-refractivity contribution in [1.29, 1.82) is 0 Å². The van der Waals surface area contributed by atoms with Gasteiger partial charge in [0.1, 0.15) is 12.0 Å². The Morgan fingerprint density at radius 2 is 2.18 bits per heavy atom. The van der Waals surface area contributed by atoms with Gasteiger partial charge >= 0.3 is 0 Å². The molecule has 0 aliphatic heterocycles. The molecular weight excluding hydrogens is 140 g/mol. The quantitative estimate of drug-likeness (QED) is 0.373. The number of allylic oxidation sites excluding steroid dienone is 3. The van der Waals surface area contributed by atoms with Crippen molar-refractivity contribution in [2.75, 3.05) is 0 Å². The standard InChI is InChI=1S/C9H8O2/c10-7-3-1-2-5-9-6-4-8-11-9/h1-8H/b3-1-,5-2+. The van der Waals surface area contributed by atoms with E-state index in [0.29, 0.717) is 0 Å². The van der Waals surface area contributed by atoms with Crippen molar-refractivity contribution in [3.05, 3.63) is 42.4 Å². The average Bonchev–Trinajstić information content (AvgIpc) is 2.50. The molecule has 0 spiro atoms. The van der Waals surface area contributed by atoms with E-state index in [9.17, 15) is 4.79 Å². The van der Waals surface area contributed by atoms with Crippen LogP contribution in [-0.2, 0) is 4.79 Å². The van der Waals surface area contributed by atoms with Crippen molar-refractivity contribution in [3.63, 3.8) is 0 Å². The van der Waals surface area contributed by atoms with Gasteiger partial charge < -0.3 is 4.42 Å². The summed E-state index contributed by atoms with van der Waals surface area (Å²) in [6, 6.07) is 3.65. The van der Waals surface area contributed by atoms with Gasteiger partial charge in [-0.2, -0.15) is 0 Å². The summed E-state index contributed by atoms with van der Waals surface area (Å²) in [5, 5.41) is 0. The van der Waals surface area contributed by atoms with Crippen LogP contribution in [0.1, 0.15) is 5.76 Å². The van der Waals surface area contributed by atoms with Gasteiger partial charge in [0.15, 0.2) is 0 Å². The summed E-state index contributed by atoms with van der Waals surface area (Å²) in [6.07, 6.45) is 8.91. The number of carbonyl (C=O) groups excluding carboxylic acids is 1. The molecule has 2 heteroatoms. The van der Waals surface area contributed by atoms with Crippen molar-refractivity contribution in [1.82, 2.24) is 0 Å². The fraction of sp³-hybridized carbons (Fsp3) is 0. The number of hydrogen-bond acceptors (Lipinski definition) is 2. The van der Waals surface area contributed by atoms with Crippen LogP contribution in [0.4, 0.5) is 0 Å². The highest BCUT2D eigenvalue weighted by Crippen LogP contribution is 2.01. The molecule has 0 atom stereocenters. The zero-order valence-corrected chi connectivity index (χ0v) is 5.94. The van der Waals surface area contributed by atoms with Gasteiger partial charge in [-0.3, -0.25) is 4.79 Å². The van der Waals surface area contributed by atoms with Crippen molar-refractivity contribution < 1.29 is 9.21 Å². The number of hydrogen-bond donors (Lipinski definition) is 0. The van der Waals surface area contributed by atoms with Gasteiger partial charge in [-0.25, -0.2) is 0 Å². The lowest BCUT2D eigenvalue weighted by Gasteiger charge is -1.78. The lowest BCUT2D eigenvalue weighted by Crippen LogP contribution is -1.59. The maximum atomic E-state index is 9.82. The van der Waals surface area contributed by atoms with E-state index in [-0.39, 0.29) is 0 Å². The molecule has 0 unspecified atom stereocenters. The molecule has 1 aromatic heterocycles. The largest absolute Gasteiger partial charge is 0.465 e. The molecular formula is C9H8O2. The van der Waals surface area contributed by atoms with E-state index in [4.69, 9.17) is 4.42 Å². The molecule has 56 valence electrons. The third kappa shape index (κ3) is 2.67. The van der Waals surface area contributed by atoms with E-state index in [1.54, 1.807) is 24.5 Å². The van der Waals surface area contributed by atoms with Gasteiger partial charge in [0.25, 0.3) is 0 Å². The molecule has 0 N–H and O–H groups in total. The summed E-state index contributed by atoms with van der Waals surface area (Å²) in [5.41, 5.74) is 0. The summed E-state index contributed by atoms with van der Waals surface area (Å²) in [4.78, 5) is 9.82. The minimum Gasteiger partial charge on any atom is -0.465 e. The smallest absolute Gasteiger partial charge is 0.142 e.